The fourth-order valence-corrected chi connectivity index (χ4v) is 2.27. The van der Waals surface area contributed by atoms with Crippen molar-refractivity contribution in [2.45, 2.75) is 6.42 Å². The van der Waals surface area contributed by atoms with Crippen molar-refractivity contribution < 1.29 is 9.63 Å². The van der Waals surface area contributed by atoms with Gasteiger partial charge in [-0.1, -0.05) is 23.2 Å². The van der Waals surface area contributed by atoms with Gasteiger partial charge in [0.25, 0.3) is 0 Å². The molecule has 7 heteroatoms. The van der Waals surface area contributed by atoms with Crippen molar-refractivity contribution in [1.82, 2.24) is 5.06 Å². The molecule has 18 heavy (non-hydrogen) atoms. The van der Waals surface area contributed by atoms with Crippen LogP contribution in [0.4, 0.5) is 11.4 Å². The third-order valence-electron chi connectivity index (χ3n) is 2.47. The van der Waals surface area contributed by atoms with Crippen LogP contribution in [-0.2, 0) is 9.63 Å². The number of amides is 1. The normalized spacial score (nSPS) is 15.9. The Balaban J connectivity index is 2.02. The van der Waals surface area contributed by atoms with E-state index in [4.69, 9.17) is 33.8 Å². The lowest BCUT2D eigenvalue weighted by Crippen LogP contribution is -2.30. The molecule has 1 aromatic rings. The van der Waals surface area contributed by atoms with Crippen LogP contribution < -0.4 is 11.1 Å². The molecule has 1 aromatic carbocycles. The van der Waals surface area contributed by atoms with Crippen molar-refractivity contribution in [3.63, 3.8) is 0 Å². The Morgan fingerprint density at radius 2 is 2.11 bits per heavy atom. The lowest BCUT2D eigenvalue weighted by molar-refractivity contribution is -0.137. The Kier molecular flexibility index (Phi) is 4.29. The lowest BCUT2D eigenvalue weighted by atomic mass is 10.2. The van der Waals surface area contributed by atoms with Gasteiger partial charge < -0.3 is 11.1 Å². The number of nitrogens with two attached hydrogens (primary N) is 1. The van der Waals surface area contributed by atoms with E-state index >= 15 is 0 Å². The Morgan fingerprint density at radius 1 is 1.44 bits per heavy atom. The molecule has 2 rings (SSSR count). The Labute approximate surface area is 115 Å². The maximum Gasteiger partial charge on any atom is 0.241 e. The average molecular weight is 290 g/mol. The number of benzene rings is 1. The molecule has 0 aliphatic carbocycles. The smallest absolute Gasteiger partial charge is 0.241 e. The van der Waals surface area contributed by atoms with Crippen molar-refractivity contribution in [3.05, 3.63) is 22.2 Å². The number of hydrogen-bond donors (Lipinski definition) is 2. The van der Waals surface area contributed by atoms with Crippen LogP contribution in [0, 0.1) is 0 Å². The van der Waals surface area contributed by atoms with Crippen LogP contribution in [0.5, 0.6) is 0 Å². The first-order valence-corrected chi connectivity index (χ1v) is 6.24. The summed E-state index contributed by atoms with van der Waals surface area (Å²) in [5.74, 6) is -0.231. The van der Waals surface area contributed by atoms with Crippen LogP contribution in [-0.4, -0.2) is 30.7 Å². The monoisotopic (exact) mass is 289 g/mol. The van der Waals surface area contributed by atoms with E-state index in [1.54, 1.807) is 5.06 Å². The van der Waals surface area contributed by atoms with Crippen molar-refractivity contribution >= 4 is 40.5 Å². The molecule has 0 bridgehead atoms. The average Bonchev–Trinajstić information content (AvgIpc) is 2.76. The van der Waals surface area contributed by atoms with Crippen molar-refractivity contribution in [2.24, 2.45) is 0 Å². The van der Waals surface area contributed by atoms with E-state index in [-0.39, 0.29) is 12.5 Å². The van der Waals surface area contributed by atoms with E-state index in [1.165, 1.54) is 12.1 Å². The number of hydroxylamine groups is 2. The van der Waals surface area contributed by atoms with Crippen molar-refractivity contribution in [3.8, 4) is 0 Å². The second-order valence-electron chi connectivity index (χ2n) is 3.96. The SMILES string of the molecule is Nc1cc(Cl)c(NC(=O)CN2CCCO2)c(Cl)c1. The maximum absolute atomic E-state index is 11.8. The van der Waals surface area contributed by atoms with E-state index in [0.29, 0.717) is 28.0 Å². The number of halogens is 2. The van der Waals surface area contributed by atoms with Gasteiger partial charge in [-0.15, -0.1) is 0 Å². The van der Waals surface area contributed by atoms with Gasteiger partial charge in [0.1, 0.15) is 6.54 Å². The lowest BCUT2D eigenvalue weighted by Gasteiger charge is -2.14. The molecular weight excluding hydrogens is 277 g/mol. The highest BCUT2D eigenvalue weighted by molar-refractivity contribution is 6.40. The third-order valence-corrected chi connectivity index (χ3v) is 3.07. The highest BCUT2D eigenvalue weighted by atomic mass is 35.5. The fourth-order valence-electron chi connectivity index (χ4n) is 1.68. The molecule has 1 fully saturated rings. The topological polar surface area (TPSA) is 67.6 Å². The number of rotatable bonds is 3. The van der Waals surface area contributed by atoms with Crippen molar-refractivity contribution in [2.75, 3.05) is 30.7 Å². The minimum Gasteiger partial charge on any atom is -0.399 e. The molecule has 1 aliphatic rings. The number of nitrogens with zero attached hydrogens (tertiary/aromatic N) is 1. The van der Waals surface area contributed by atoms with Gasteiger partial charge in [0.2, 0.25) is 5.91 Å². The van der Waals surface area contributed by atoms with Crippen LogP contribution in [0.1, 0.15) is 6.42 Å². The van der Waals surface area contributed by atoms with Gasteiger partial charge >= 0.3 is 0 Å². The van der Waals surface area contributed by atoms with Crippen molar-refractivity contribution in [1.29, 1.82) is 0 Å². The zero-order valence-electron chi connectivity index (χ0n) is 9.58. The largest absolute Gasteiger partial charge is 0.399 e. The summed E-state index contributed by atoms with van der Waals surface area (Å²) in [4.78, 5) is 17.0. The minimum absolute atomic E-state index is 0.150. The molecule has 0 radical (unpaired) electrons. The molecule has 5 nitrogen and oxygen atoms in total. The summed E-state index contributed by atoms with van der Waals surface area (Å²) in [6.07, 6.45) is 0.927. The fraction of sp³-hybridized carbons (Fsp3) is 0.364. The van der Waals surface area contributed by atoms with Gasteiger partial charge in [-0.3, -0.25) is 9.63 Å². The minimum atomic E-state index is -0.231. The highest BCUT2D eigenvalue weighted by Gasteiger charge is 2.17. The zero-order chi connectivity index (χ0) is 13.1. The van der Waals surface area contributed by atoms with Crippen LogP contribution in [0.15, 0.2) is 12.1 Å². The van der Waals surface area contributed by atoms with Gasteiger partial charge in [-0.25, -0.2) is 0 Å². The number of carbonyl (C=O) groups is 1. The van der Waals surface area contributed by atoms with E-state index in [1.807, 2.05) is 0 Å². The molecule has 0 aromatic heterocycles. The summed E-state index contributed by atoms with van der Waals surface area (Å²) in [7, 11) is 0. The molecule has 3 N–H and O–H groups in total. The van der Waals surface area contributed by atoms with Crippen LogP contribution in [0.25, 0.3) is 0 Å². The summed E-state index contributed by atoms with van der Waals surface area (Å²) in [5, 5.41) is 4.89. The molecule has 0 saturated carbocycles. The molecule has 1 saturated heterocycles. The molecule has 1 heterocycles. The Bertz CT molecular complexity index is 439. The first-order chi connectivity index (χ1) is 8.56. The summed E-state index contributed by atoms with van der Waals surface area (Å²) in [5.41, 5.74) is 6.40. The molecule has 0 atom stereocenters. The van der Waals surface area contributed by atoms with Gasteiger partial charge in [0, 0.05) is 12.2 Å². The molecule has 1 amide bonds. The Morgan fingerprint density at radius 3 is 2.67 bits per heavy atom. The summed E-state index contributed by atoms with van der Waals surface area (Å²) in [6, 6.07) is 3.07. The summed E-state index contributed by atoms with van der Waals surface area (Å²) < 4.78 is 0. The second kappa shape index (κ2) is 5.75. The van der Waals surface area contributed by atoms with E-state index < -0.39 is 0 Å². The van der Waals surface area contributed by atoms with Gasteiger partial charge in [-0.2, -0.15) is 5.06 Å². The quantitative estimate of drug-likeness (QED) is 0.837. The predicted molar refractivity (Wildman–Crippen MR) is 71.6 cm³/mol. The molecular formula is C11H13Cl2N3O2. The van der Waals surface area contributed by atoms with Gasteiger partial charge in [0.15, 0.2) is 0 Å². The molecule has 0 spiro atoms. The summed E-state index contributed by atoms with van der Waals surface area (Å²) >= 11 is 11.9. The number of nitrogen functional groups attached to an aromatic ring is 1. The van der Waals surface area contributed by atoms with Crippen LogP contribution >= 0.6 is 23.2 Å². The Hall–Kier alpha value is -1.01. The predicted octanol–water partition coefficient (Wildman–Crippen LogP) is 2.15. The molecule has 0 unspecified atom stereocenters. The third kappa shape index (κ3) is 3.26. The van der Waals surface area contributed by atoms with Gasteiger partial charge in [0.05, 0.1) is 22.3 Å². The first-order valence-electron chi connectivity index (χ1n) is 5.48. The van der Waals surface area contributed by atoms with E-state index in [0.717, 1.165) is 13.0 Å². The highest BCUT2D eigenvalue weighted by Crippen LogP contribution is 2.32. The van der Waals surface area contributed by atoms with E-state index in [2.05, 4.69) is 5.32 Å². The summed E-state index contributed by atoms with van der Waals surface area (Å²) in [6.45, 7) is 1.55. The number of anilines is 2. The van der Waals surface area contributed by atoms with Gasteiger partial charge in [-0.05, 0) is 18.6 Å². The van der Waals surface area contributed by atoms with Crippen LogP contribution in [0.2, 0.25) is 10.0 Å². The number of hydrogen-bond acceptors (Lipinski definition) is 4. The van der Waals surface area contributed by atoms with Crippen LogP contribution in [0.3, 0.4) is 0 Å². The maximum atomic E-state index is 11.8. The number of nitrogens with one attached hydrogen (secondary N) is 1. The standard InChI is InChI=1S/C11H13Cl2N3O2/c12-8-4-7(14)5-9(13)11(8)15-10(17)6-16-2-1-3-18-16/h4-5H,1-3,6,14H2,(H,15,17). The molecule has 1 aliphatic heterocycles. The van der Waals surface area contributed by atoms with E-state index in [9.17, 15) is 4.79 Å². The second-order valence-corrected chi connectivity index (χ2v) is 4.77. The molecule has 98 valence electrons. The first kappa shape index (κ1) is 13.4. The number of carbonyl (C=O) groups excluding carboxylic acids is 1. The zero-order valence-corrected chi connectivity index (χ0v) is 11.1.